The molecule has 18 heavy (non-hydrogen) atoms. The lowest BCUT2D eigenvalue weighted by Crippen LogP contribution is -2.21. The highest BCUT2D eigenvalue weighted by molar-refractivity contribution is 5.38. The van der Waals surface area contributed by atoms with Crippen molar-refractivity contribution in [2.45, 2.75) is 39.7 Å². The number of rotatable bonds is 2. The van der Waals surface area contributed by atoms with E-state index < -0.39 is 0 Å². The van der Waals surface area contributed by atoms with Gasteiger partial charge in [-0.2, -0.15) is 0 Å². The van der Waals surface area contributed by atoms with E-state index in [0.717, 1.165) is 17.3 Å². The Bertz CT molecular complexity index is 558. The number of aryl methyl sites for hydroxylation is 1. The quantitative estimate of drug-likeness (QED) is 0.844. The average molecular weight is 249 g/mol. The Morgan fingerprint density at radius 1 is 1.17 bits per heavy atom. The molecule has 7 nitrogen and oxygen atoms in total. The van der Waals surface area contributed by atoms with Gasteiger partial charge in [-0.3, -0.25) is 0 Å². The van der Waals surface area contributed by atoms with E-state index in [1.807, 2.05) is 18.5 Å². The topological polar surface area (TPSA) is 87.4 Å². The summed E-state index contributed by atoms with van der Waals surface area (Å²) >= 11 is 0. The highest BCUT2D eigenvalue weighted by Crippen LogP contribution is 2.26. The number of hydrogen-bond acceptors (Lipinski definition) is 5. The molecule has 0 aliphatic rings. The second-order valence-corrected chi connectivity index (χ2v) is 5.45. The lowest BCUT2D eigenvalue weighted by Gasteiger charge is -2.19. The van der Waals surface area contributed by atoms with Gasteiger partial charge >= 0.3 is 0 Å². The van der Waals surface area contributed by atoms with Crippen LogP contribution in [0.5, 0.6) is 0 Å². The zero-order valence-electron chi connectivity index (χ0n) is 11.5. The van der Waals surface area contributed by atoms with E-state index in [2.05, 4.69) is 41.3 Å². The van der Waals surface area contributed by atoms with Crippen LogP contribution in [-0.4, -0.2) is 29.8 Å². The SMILES string of the molecule is Cc1nnc(Cn2nnc(N)c2C(C)(C)C)n1C. The van der Waals surface area contributed by atoms with E-state index in [1.54, 1.807) is 4.68 Å². The molecule has 0 aliphatic carbocycles. The lowest BCUT2D eigenvalue weighted by molar-refractivity contribution is 0.491. The predicted octanol–water partition coefficient (Wildman–Crippen LogP) is 0.643. The zero-order valence-corrected chi connectivity index (χ0v) is 11.5. The van der Waals surface area contributed by atoms with E-state index in [4.69, 9.17) is 5.73 Å². The fourth-order valence-corrected chi connectivity index (χ4v) is 1.93. The van der Waals surface area contributed by atoms with E-state index in [1.165, 1.54) is 0 Å². The summed E-state index contributed by atoms with van der Waals surface area (Å²) in [5, 5.41) is 16.2. The first kappa shape index (κ1) is 12.5. The minimum atomic E-state index is -0.110. The first-order valence-electron chi connectivity index (χ1n) is 5.85. The molecular formula is C11H19N7. The van der Waals surface area contributed by atoms with E-state index >= 15 is 0 Å². The van der Waals surface area contributed by atoms with Gasteiger partial charge in [-0.05, 0) is 6.92 Å². The predicted molar refractivity (Wildman–Crippen MR) is 68.0 cm³/mol. The molecule has 0 amide bonds. The van der Waals surface area contributed by atoms with Crippen molar-refractivity contribution in [1.29, 1.82) is 0 Å². The second-order valence-electron chi connectivity index (χ2n) is 5.45. The van der Waals surface area contributed by atoms with Crippen LogP contribution in [0, 0.1) is 6.92 Å². The first-order chi connectivity index (χ1) is 8.30. The van der Waals surface area contributed by atoms with Crippen molar-refractivity contribution in [3.8, 4) is 0 Å². The van der Waals surface area contributed by atoms with Crippen LogP contribution in [0.2, 0.25) is 0 Å². The molecule has 7 heteroatoms. The van der Waals surface area contributed by atoms with E-state index in [0.29, 0.717) is 12.4 Å². The van der Waals surface area contributed by atoms with Crippen LogP contribution in [0.3, 0.4) is 0 Å². The minimum Gasteiger partial charge on any atom is -0.381 e. The summed E-state index contributed by atoms with van der Waals surface area (Å²) in [4.78, 5) is 0. The number of hydrogen-bond donors (Lipinski definition) is 1. The molecule has 2 aromatic rings. The molecule has 2 aromatic heterocycles. The molecule has 0 unspecified atom stereocenters. The molecule has 0 saturated heterocycles. The second kappa shape index (κ2) is 4.08. The van der Waals surface area contributed by atoms with Crippen molar-refractivity contribution in [3.63, 3.8) is 0 Å². The number of aromatic nitrogens is 6. The van der Waals surface area contributed by atoms with Gasteiger partial charge < -0.3 is 10.3 Å². The maximum atomic E-state index is 5.89. The number of nitrogen functional groups attached to an aromatic ring is 1. The minimum absolute atomic E-state index is 0.110. The third-order valence-corrected chi connectivity index (χ3v) is 2.95. The lowest BCUT2D eigenvalue weighted by atomic mass is 9.92. The molecule has 0 aliphatic heterocycles. The molecule has 0 bridgehead atoms. The summed E-state index contributed by atoms with van der Waals surface area (Å²) in [6.45, 7) is 8.69. The highest BCUT2D eigenvalue weighted by atomic mass is 15.5. The average Bonchev–Trinajstić information content (AvgIpc) is 2.76. The highest BCUT2D eigenvalue weighted by Gasteiger charge is 2.24. The van der Waals surface area contributed by atoms with Crippen molar-refractivity contribution < 1.29 is 0 Å². The van der Waals surface area contributed by atoms with Crippen LogP contribution in [0.15, 0.2) is 0 Å². The Morgan fingerprint density at radius 2 is 1.83 bits per heavy atom. The van der Waals surface area contributed by atoms with Gasteiger partial charge in [0, 0.05) is 12.5 Å². The molecule has 0 aromatic carbocycles. The zero-order chi connectivity index (χ0) is 13.5. The Kier molecular flexibility index (Phi) is 2.84. The molecule has 0 fully saturated rings. The standard InChI is InChI=1S/C11H19N7/c1-7-13-14-8(17(7)5)6-18-9(11(2,3)4)10(12)15-16-18/h6,12H2,1-5H3. The molecule has 0 saturated carbocycles. The molecule has 0 atom stereocenters. The van der Waals surface area contributed by atoms with Gasteiger partial charge in [0.2, 0.25) is 0 Å². The smallest absolute Gasteiger partial charge is 0.169 e. The molecule has 98 valence electrons. The Hall–Kier alpha value is -1.92. The molecule has 2 rings (SSSR count). The van der Waals surface area contributed by atoms with Gasteiger partial charge in [-0.1, -0.05) is 26.0 Å². The van der Waals surface area contributed by atoms with Gasteiger partial charge in [0.05, 0.1) is 5.69 Å². The van der Waals surface area contributed by atoms with E-state index in [9.17, 15) is 0 Å². The number of anilines is 1. The molecule has 0 radical (unpaired) electrons. The number of nitrogens with zero attached hydrogens (tertiary/aromatic N) is 6. The fourth-order valence-electron chi connectivity index (χ4n) is 1.93. The van der Waals surface area contributed by atoms with Crippen LogP contribution in [-0.2, 0) is 19.0 Å². The van der Waals surface area contributed by atoms with Crippen molar-refractivity contribution >= 4 is 5.82 Å². The fraction of sp³-hybridized carbons (Fsp3) is 0.636. The summed E-state index contributed by atoms with van der Waals surface area (Å²) < 4.78 is 3.73. The summed E-state index contributed by atoms with van der Waals surface area (Å²) in [7, 11) is 1.93. The van der Waals surface area contributed by atoms with E-state index in [-0.39, 0.29) is 5.41 Å². The van der Waals surface area contributed by atoms with Gasteiger partial charge in [-0.15, -0.1) is 15.3 Å². The Labute approximate surface area is 106 Å². The molecular weight excluding hydrogens is 230 g/mol. The van der Waals surface area contributed by atoms with Gasteiger partial charge in [0.15, 0.2) is 11.6 Å². The normalized spacial score (nSPS) is 12.1. The summed E-state index contributed by atoms with van der Waals surface area (Å²) in [5.41, 5.74) is 6.70. The van der Waals surface area contributed by atoms with Crippen molar-refractivity contribution in [3.05, 3.63) is 17.3 Å². The molecule has 2 heterocycles. The van der Waals surface area contributed by atoms with Crippen LogP contribution in [0.4, 0.5) is 5.82 Å². The van der Waals surface area contributed by atoms with Crippen LogP contribution >= 0.6 is 0 Å². The van der Waals surface area contributed by atoms with Crippen LogP contribution in [0.25, 0.3) is 0 Å². The number of nitrogens with two attached hydrogens (primary N) is 1. The monoisotopic (exact) mass is 249 g/mol. The van der Waals surface area contributed by atoms with Gasteiger partial charge in [0.1, 0.15) is 12.4 Å². The maximum absolute atomic E-state index is 5.89. The van der Waals surface area contributed by atoms with Gasteiger partial charge in [0.25, 0.3) is 0 Å². The van der Waals surface area contributed by atoms with Crippen molar-refractivity contribution in [1.82, 2.24) is 29.8 Å². The third kappa shape index (κ3) is 2.07. The molecule has 2 N–H and O–H groups in total. The first-order valence-corrected chi connectivity index (χ1v) is 5.85. The van der Waals surface area contributed by atoms with Crippen molar-refractivity contribution in [2.75, 3.05) is 5.73 Å². The Balaban J connectivity index is 2.39. The largest absolute Gasteiger partial charge is 0.381 e. The molecule has 0 spiro atoms. The summed E-state index contributed by atoms with van der Waals surface area (Å²) in [5.74, 6) is 2.18. The maximum Gasteiger partial charge on any atom is 0.169 e. The summed E-state index contributed by atoms with van der Waals surface area (Å²) in [6, 6.07) is 0. The Morgan fingerprint density at radius 3 is 2.33 bits per heavy atom. The van der Waals surface area contributed by atoms with Crippen LogP contribution < -0.4 is 5.73 Å². The van der Waals surface area contributed by atoms with Gasteiger partial charge in [-0.25, -0.2) is 4.68 Å². The van der Waals surface area contributed by atoms with Crippen molar-refractivity contribution in [2.24, 2.45) is 7.05 Å². The summed E-state index contributed by atoms with van der Waals surface area (Å²) in [6.07, 6.45) is 0. The third-order valence-electron chi connectivity index (χ3n) is 2.95. The van der Waals surface area contributed by atoms with Crippen LogP contribution in [0.1, 0.15) is 38.1 Å².